The van der Waals surface area contributed by atoms with Crippen LogP contribution in [0.1, 0.15) is 17.6 Å². The summed E-state index contributed by atoms with van der Waals surface area (Å²) in [6, 6.07) is 7.99. The van der Waals surface area contributed by atoms with Gasteiger partial charge in [0.15, 0.2) is 0 Å². The lowest BCUT2D eigenvalue weighted by Crippen LogP contribution is -2.26. The van der Waals surface area contributed by atoms with E-state index in [1.54, 1.807) is 17.6 Å². The zero-order valence-corrected chi connectivity index (χ0v) is 10.7. The Bertz CT molecular complexity index is 397. The van der Waals surface area contributed by atoms with Crippen molar-refractivity contribution in [1.82, 2.24) is 5.32 Å². The molecule has 17 heavy (non-hydrogen) atoms. The zero-order valence-electron chi connectivity index (χ0n) is 9.89. The molecular formula is C13H17NO2S. The Labute approximate surface area is 105 Å². The van der Waals surface area contributed by atoms with Crippen LogP contribution in [0.3, 0.4) is 0 Å². The van der Waals surface area contributed by atoms with Gasteiger partial charge in [0.2, 0.25) is 0 Å². The molecule has 1 N–H and O–H groups in total. The lowest BCUT2D eigenvalue weighted by Gasteiger charge is -2.12. The third-order valence-electron chi connectivity index (χ3n) is 2.40. The molecule has 2 aromatic rings. The maximum Gasteiger partial charge on any atom is 0.129 e. The number of hydrogen-bond acceptors (Lipinski definition) is 4. The quantitative estimate of drug-likeness (QED) is 0.821. The molecule has 0 saturated heterocycles. The van der Waals surface area contributed by atoms with E-state index in [1.165, 1.54) is 4.88 Å². The molecule has 0 radical (unpaired) electrons. The van der Waals surface area contributed by atoms with E-state index in [4.69, 9.17) is 9.15 Å². The maximum absolute atomic E-state index is 5.65. The minimum absolute atomic E-state index is 0.181. The van der Waals surface area contributed by atoms with E-state index in [9.17, 15) is 0 Å². The number of furan rings is 1. The molecule has 2 heterocycles. The summed E-state index contributed by atoms with van der Waals surface area (Å²) in [5.41, 5.74) is 0. The van der Waals surface area contributed by atoms with Crippen molar-refractivity contribution in [3.63, 3.8) is 0 Å². The summed E-state index contributed by atoms with van der Waals surface area (Å²) in [5.74, 6) is 0.870. The van der Waals surface area contributed by atoms with Gasteiger partial charge in [-0.3, -0.25) is 0 Å². The van der Waals surface area contributed by atoms with Gasteiger partial charge in [0.1, 0.15) is 12.4 Å². The summed E-state index contributed by atoms with van der Waals surface area (Å²) >= 11 is 1.77. The lowest BCUT2D eigenvalue weighted by atomic mass is 10.3. The van der Waals surface area contributed by atoms with E-state index in [0.29, 0.717) is 6.61 Å². The molecule has 0 aromatic carbocycles. The predicted octanol–water partition coefficient (Wildman–Crippen LogP) is 3.04. The first-order chi connectivity index (χ1) is 8.34. The Morgan fingerprint density at radius 3 is 3.06 bits per heavy atom. The van der Waals surface area contributed by atoms with Crippen LogP contribution in [-0.4, -0.2) is 12.6 Å². The summed E-state index contributed by atoms with van der Waals surface area (Å²) < 4.78 is 10.9. The highest BCUT2D eigenvalue weighted by molar-refractivity contribution is 7.09. The van der Waals surface area contributed by atoms with E-state index < -0.39 is 0 Å². The maximum atomic E-state index is 5.65. The third-order valence-corrected chi connectivity index (χ3v) is 3.28. The van der Waals surface area contributed by atoms with Gasteiger partial charge in [-0.2, -0.15) is 0 Å². The van der Waals surface area contributed by atoms with E-state index in [-0.39, 0.29) is 6.10 Å². The molecule has 0 fully saturated rings. The van der Waals surface area contributed by atoms with E-state index in [0.717, 1.165) is 18.8 Å². The average Bonchev–Trinajstić information content (AvgIpc) is 2.99. The van der Waals surface area contributed by atoms with Gasteiger partial charge in [-0.05, 0) is 30.5 Å². The number of ether oxygens (including phenoxy) is 1. The van der Waals surface area contributed by atoms with Crippen LogP contribution in [0.2, 0.25) is 0 Å². The van der Waals surface area contributed by atoms with Gasteiger partial charge in [0.25, 0.3) is 0 Å². The molecule has 0 aliphatic rings. The second kappa shape index (κ2) is 6.59. The van der Waals surface area contributed by atoms with Gasteiger partial charge in [-0.15, -0.1) is 11.3 Å². The molecule has 0 amide bonds. The molecule has 0 aliphatic heterocycles. The van der Waals surface area contributed by atoms with Crippen molar-refractivity contribution < 1.29 is 9.15 Å². The van der Waals surface area contributed by atoms with Crippen molar-refractivity contribution >= 4 is 11.3 Å². The summed E-state index contributed by atoms with van der Waals surface area (Å²) in [5, 5.41) is 5.46. The first-order valence-electron chi connectivity index (χ1n) is 5.71. The fourth-order valence-corrected chi connectivity index (χ4v) is 2.16. The Balaban J connectivity index is 1.59. The zero-order chi connectivity index (χ0) is 11.9. The third kappa shape index (κ3) is 4.34. The van der Waals surface area contributed by atoms with Gasteiger partial charge in [0.05, 0.1) is 12.4 Å². The highest BCUT2D eigenvalue weighted by Crippen LogP contribution is 2.08. The first-order valence-corrected chi connectivity index (χ1v) is 6.59. The second-order valence-corrected chi connectivity index (χ2v) is 4.94. The molecule has 0 aliphatic carbocycles. The van der Waals surface area contributed by atoms with E-state index in [2.05, 4.69) is 29.8 Å². The Morgan fingerprint density at radius 1 is 1.41 bits per heavy atom. The Morgan fingerprint density at radius 2 is 2.35 bits per heavy atom. The topological polar surface area (TPSA) is 34.4 Å². The molecule has 0 bridgehead atoms. The standard InChI is InChI=1S/C13H17NO2S/c1-11(16-10-12-4-2-6-15-12)8-14-9-13-5-3-7-17-13/h2-7,11,14H,8-10H2,1H3. The lowest BCUT2D eigenvalue weighted by molar-refractivity contribution is 0.0428. The van der Waals surface area contributed by atoms with E-state index >= 15 is 0 Å². The molecule has 2 aromatic heterocycles. The van der Waals surface area contributed by atoms with Crippen molar-refractivity contribution in [1.29, 1.82) is 0 Å². The SMILES string of the molecule is CC(CNCc1cccs1)OCc1ccco1. The van der Waals surface area contributed by atoms with Crippen LogP contribution in [-0.2, 0) is 17.9 Å². The largest absolute Gasteiger partial charge is 0.467 e. The van der Waals surface area contributed by atoms with Crippen LogP contribution in [0, 0.1) is 0 Å². The van der Waals surface area contributed by atoms with Gasteiger partial charge < -0.3 is 14.5 Å². The molecule has 3 nitrogen and oxygen atoms in total. The second-order valence-electron chi connectivity index (χ2n) is 3.91. The van der Waals surface area contributed by atoms with Crippen LogP contribution < -0.4 is 5.32 Å². The molecular weight excluding hydrogens is 234 g/mol. The Kier molecular flexibility index (Phi) is 4.79. The van der Waals surface area contributed by atoms with Crippen LogP contribution in [0.5, 0.6) is 0 Å². The average molecular weight is 251 g/mol. The van der Waals surface area contributed by atoms with Crippen LogP contribution in [0.4, 0.5) is 0 Å². The molecule has 0 saturated carbocycles. The highest BCUT2D eigenvalue weighted by atomic mass is 32.1. The van der Waals surface area contributed by atoms with Crippen LogP contribution in [0.25, 0.3) is 0 Å². The summed E-state index contributed by atoms with van der Waals surface area (Å²) in [4.78, 5) is 1.35. The molecule has 2 rings (SSSR count). The van der Waals surface area contributed by atoms with Crippen LogP contribution >= 0.6 is 11.3 Å². The monoisotopic (exact) mass is 251 g/mol. The minimum atomic E-state index is 0.181. The van der Waals surface area contributed by atoms with Crippen molar-refractivity contribution in [2.24, 2.45) is 0 Å². The molecule has 92 valence electrons. The minimum Gasteiger partial charge on any atom is -0.467 e. The summed E-state index contributed by atoms with van der Waals surface area (Å²) in [7, 11) is 0. The summed E-state index contributed by atoms with van der Waals surface area (Å²) in [6.45, 7) is 4.35. The molecule has 1 atom stereocenters. The fraction of sp³-hybridized carbons (Fsp3) is 0.385. The van der Waals surface area contributed by atoms with Crippen molar-refractivity contribution in [2.45, 2.75) is 26.2 Å². The highest BCUT2D eigenvalue weighted by Gasteiger charge is 2.03. The normalized spacial score (nSPS) is 12.8. The van der Waals surface area contributed by atoms with E-state index in [1.807, 2.05) is 12.1 Å². The molecule has 1 unspecified atom stereocenters. The molecule has 4 heteroatoms. The Hall–Kier alpha value is -1.10. The van der Waals surface area contributed by atoms with Gasteiger partial charge in [-0.1, -0.05) is 6.07 Å². The van der Waals surface area contributed by atoms with Crippen molar-refractivity contribution in [3.8, 4) is 0 Å². The van der Waals surface area contributed by atoms with Crippen molar-refractivity contribution in [2.75, 3.05) is 6.54 Å². The van der Waals surface area contributed by atoms with Gasteiger partial charge in [-0.25, -0.2) is 0 Å². The van der Waals surface area contributed by atoms with Gasteiger partial charge >= 0.3 is 0 Å². The van der Waals surface area contributed by atoms with Gasteiger partial charge in [0, 0.05) is 18.0 Å². The fourth-order valence-electron chi connectivity index (χ4n) is 1.49. The number of rotatable bonds is 7. The predicted molar refractivity (Wildman–Crippen MR) is 69.0 cm³/mol. The number of thiophene rings is 1. The first kappa shape index (κ1) is 12.4. The molecule has 0 spiro atoms. The summed E-state index contributed by atoms with van der Waals surface area (Å²) in [6.07, 6.45) is 1.85. The van der Waals surface area contributed by atoms with Crippen molar-refractivity contribution in [3.05, 3.63) is 46.5 Å². The smallest absolute Gasteiger partial charge is 0.129 e. The number of hydrogen-bond donors (Lipinski definition) is 1. The number of nitrogens with one attached hydrogen (secondary N) is 1. The van der Waals surface area contributed by atoms with Crippen LogP contribution in [0.15, 0.2) is 40.3 Å².